The molecule has 0 saturated heterocycles. The fourth-order valence-corrected chi connectivity index (χ4v) is 1.10. The molecule has 0 heterocycles. The smallest absolute Gasteiger partial charge is 0.0265 e. The third kappa shape index (κ3) is 10.1. The Hall–Kier alpha value is 0.140. The van der Waals surface area contributed by atoms with Crippen LogP contribution < -0.4 is 5.32 Å². The number of nitrogens with one attached hydrogen (secondary N) is 1. The van der Waals surface area contributed by atoms with Crippen molar-refractivity contribution in [2.75, 3.05) is 33.7 Å². The average Bonchev–Trinajstić information content (AvgIpc) is 1.95. The van der Waals surface area contributed by atoms with Crippen LogP contribution in [-0.4, -0.2) is 38.6 Å². The zero-order chi connectivity index (χ0) is 9.40. The van der Waals surface area contributed by atoms with Crippen LogP contribution in [0.5, 0.6) is 0 Å². The molecule has 0 aliphatic heterocycles. The number of hydrogen-bond donors (Lipinski definition) is 1. The summed E-state index contributed by atoms with van der Waals surface area (Å²) in [6.07, 6.45) is 2.49. The molecule has 0 fully saturated rings. The van der Waals surface area contributed by atoms with Gasteiger partial charge in [0.25, 0.3) is 0 Å². The van der Waals surface area contributed by atoms with E-state index in [4.69, 9.17) is 0 Å². The molecule has 0 aromatic rings. The van der Waals surface area contributed by atoms with Gasteiger partial charge in [-0.05, 0) is 40.0 Å². The van der Waals surface area contributed by atoms with Crippen molar-refractivity contribution in [2.24, 2.45) is 0 Å². The summed E-state index contributed by atoms with van der Waals surface area (Å²) in [4.78, 5) is 2.21. The summed E-state index contributed by atoms with van der Waals surface area (Å²) in [5, 5.41) is 3.29. The second kappa shape index (κ2) is 7.77. The van der Waals surface area contributed by atoms with Crippen molar-refractivity contribution in [1.82, 2.24) is 10.2 Å². The van der Waals surface area contributed by atoms with E-state index in [2.05, 4.69) is 46.8 Å². The van der Waals surface area contributed by atoms with Crippen molar-refractivity contribution in [3.8, 4) is 0 Å². The summed E-state index contributed by atoms with van der Waals surface area (Å²) in [6, 6.07) is 0. The SMILES string of the molecule is C=C(Br)CNCCCCN(C)C. The zero-order valence-corrected chi connectivity index (χ0v) is 9.65. The molecule has 0 radical (unpaired) electrons. The molecule has 0 unspecified atom stereocenters. The molecule has 0 aromatic carbocycles. The van der Waals surface area contributed by atoms with Crippen molar-refractivity contribution in [3.05, 3.63) is 11.1 Å². The average molecular weight is 235 g/mol. The Kier molecular flexibility index (Phi) is 7.86. The minimum Gasteiger partial charge on any atom is -0.312 e. The number of nitrogens with zero attached hydrogens (tertiary/aromatic N) is 1. The summed E-state index contributed by atoms with van der Waals surface area (Å²) in [5.41, 5.74) is 0. The second-order valence-corrected chi connectivity index (χ2v) is 4.33. The van der Waals surface area contributed by atoms with Gasteiger partial charge in [-0.2, -0.15) is 0 Å². The summed E-state index contributed by atoms with van der Waals surface area (Å²) in [6.45, 7) is 6.88. The Morgan fingerprint density at radius 1 is 1.42 bits per heavy atom. The Labute approximate surface area is 84.1 Å². The molecule has 1 N–H and O–H groups in total. The molecule has 3 heteroatoms. The number of halogens is 1. The zero-order valence-electron chi connectivity index (χ0n) is 8.07. The minimum atomic E-state index is 0.877. The molecule has 2 nitrogen and oxygen atoms in total. The van der Waals surface area contributed by atoms with E-state index in [0.29, 0.717) is 0 Å². The van der Waals surface area contributed by atoms with Gasteiger partial charge >= 0.3 is 0 Å². The minimum absolute atomic E-state index is 0.877. The molecular weight excluding hydrogens is 216 g/mol. The molecule has 0 bridgehead atoms. The van der Waals surface area contributed by atoms with Gasteiger partial charge in [0, 0.05) is 11.0 Å². The van der Waals surface area contributed by atoms with E-state index in [1.807, 2.05) is 0 Å². The lowest BCUT2D eigenvalue weighted by atomic mass is 10.3. The third-order valence-corrected chi connectivity index (χ3v) is 1.81. The van der Waals surface area contributed by atoms with Crippen molar-refractivity contribution in [2.45, 2.75) is 12.8 Å². The Morgan fingerprint density at radius 2 is 2.08 bits per heavy atom. The third-order valence-electron chi connectivity index (χ3n) is 1.53. The van der Waals surface area contributed by atoms with E-state index in [1.165, 1.54) is 19.4 Å². The molecule has 0 amide bonds. The Bertz CT molecular complexity index is 124. The summed E-state index contributed by atoms with van der Waals surface area (Å²) in [7, 11) is 4.21. The number of rotatable bonds is 7. The standard InChI is InChI=1S/C9H19BrN2/c1-9(10)8-11-6-4-5-7-12(2)3/h11H,1,4-8H2,2-3H3. The largest absolute Gasteiger partial charge is 0.312 e. The van der Waals surface area contributed by atoms with E-state index >= 15 is 0 Å². The topological polar surface area (TPSA) is 15.3 Å². The lowest BCUT2D eigenvalue weighted by molar-refractivity contribution is 0.392. The van der Waals surface area contributed by atoms with E-state index in [-0.39, 0.29) is 0 Å². The summed E-state index contributed by atoms with van der Waals surface area (Å²) >= 11 is 3.30. The van der Waals surface area contributed by atoms with Gasteiger partial charge in [-0.25, -0.2) is 0 Å². The van der Waals surface area contributed by atoms with Crippen molar-refractivity contribution < 1.29 is 0 Å². The van der Waals surface area contributed by atoms with Gasteiger partial charge in [0.2, 0.25) is 0 Å². The van der Waals surface area contributed by atoms with Gasteiger partial charge < -0.3 is 10.2 Å². The monoisotopic (exact) mass is 234 g/mol. The maximum Gasteiger partial charge on any atom is 0.0265 e. The van der Waals surface area contributed by atoms with Crippen LogP contribution in [0, 0.1) is 0 Å². The van der Waals surface area contributed by atoms with Crippen LogP contribution in [0.3, 0.4) is 0 Å². The van der Waals surface area contributed by atoms with E-state index in [0.717, 1.165) is 17.6 Å². The predicted molar refractivity (Wildman–Crippen MR) is 58.7 cm³/mol. The van der Waals surface area contributed by atoms with Gasteiger partial charge in [0.15, 0.2) is 0 Å². The van der Waals surface area contributed by atoms with Crippen LogP contribution >= 0.6 is 15.9 Å². The molecule has 0 saturated carbocycles. The fourth-order valence-electron chi connectivity index (χ4n) is 0.902. The summed E-state index contributed by atoms with van der Waals surface area (Å²) in [5.74, 6) is 0. The number of unbranched alkanes of at least 4 members (excludes halogenated alkanes) is 1. The molecule has 12 heavy (non-hydrogen) atoms. The van der Waals surface area contributed by atoms with Crippen LogP contribution in [0.2, 0.25) is 0 Å². The van der Waals surface area contributed by atoms with Gasteiger partial charge in [-0.3, -0.25) is 0 Å². The van der Waals surface area contributed by atoms with E-state index in [1.54, 1.807) is 0 Å². The lowest BCUT2D eigenvalue weighted by Crippen LogP contribution is -2.19. The van der Waals surface area contributed by atoms with Gasteiger partial charge in [0.05, 0.1) is 0 Å². The molecule has 0 atom stereocenters. The second-order valence-electron chi connectivity index (χ2n) is 3.20. The maximum absolute atomic E-state index is 3.75. The van der Waals surface area contributed by atoms with Crippen LogP contribution in [0.4, 0.5) is 0 Å². The fraction of sp³-hybridized carbons (Fsp3) is 0.778. The predicted octanol–water partition coefficient (Wildman–Crippen LogP) is 1.83. The normalized spacial score (nSPS) is 10.7. The highest BCUT2D eigenvalue weighted by molar-refractivity contribution is 9.11. The molecule has 0 aliphatic carbocycles. The number of hydrogen-bond acceptors (Lipinski definition) is 2. The first-order valence-corrected chi connectivity index (χ1v) is 5.11. The quantitative estimate of drug-likeness (QED) is 0.677. The molecule has 0 rings (SSSR count). The van der Waals surface area contributed by atoms with Crippen LogP contribution in [0.25, 0.3) is 0 Å². The van der Waals surface area contributed by atoms with E-state index in [9.17, 15) is 0 Å². The first-order valence-electron chi connectivity index (χ1n) is 4.31. The first kappa shape index (κ1) is 12.1. The summed E-state index contributed by atoms with van der Waals surface area (Å²) < 4.78 is 1.02. The van der Waals surface area contributed by atoms with Crippen LogP contribution in [-0.2, 0) is 0 Å². The van der Waals surface area contributed by atoms with Crippen molar-refractivity contribution >= 4 is 15.9 Å². The molecule has 72 valence electrons. The van der Waals surface area contributed by atoms with Gasteiger partial charge in [-0.1, -0.05) is 22.5 Å². The maximum atomic E-state index is 3.75. The van der Waals surface area contributed by atoms with Gasteiger partial charge in [-0.15, -0.1) is 0 Å². The molecule has 0 aromatic heterocycles. The molecular formula is C9H19BrN2. The van der Waals surface area contributed by atoms with Gasteiger partial charge in [0.1, 0.15) is 0 Å². The molecule has 0 aliphatic rings. The molecule has 0 spiro atoms. The van der Waals surface area contributed by atoms with Crippen LogP contribution in [0.15, 0.2) is 11.1 Å². The highest BCUT2D eigenvalue weighted by Gasteiger charge is 1.91. The Balaban J connectivity index is 2.96. The highest BCUT2D eigenvalue weighted by atomic mass is 79.9. The van der Waals surface area contributed by atoms with Crippen LogP contribution in [0.1, 0.15) is 12.8 Å². The van der Waals surface area contributed by atoms with Crippen molar-refractivity contribution in [1.29, 1.82) is 0 Å². The lowest BCUT2D eigenvalue weighted by Gasteiger charge is -2.08. The van der Waals surface area contributed by atoms with E-state index < -0.39 is 0 Å². The highest BCUT2D eigenvalue weighted by Crippen LogP contribution is 1.97. The first-order chi connectivity index (χ1) is 5.63. The Morgan fingerprint density at radius 3 is 2.58 bits per heavy atom. The van der Waals surface area contributed by atoms with Crippen molar-refractivity contribution in [3.63, 3.8) is 0 Å².